The van der Waals surface area contributed by atoms with E-state index in [0.29, 0.717) is 12.4 Å². The van der Waals surface area contributed by atoms with Crippen molar-refractivity contribution >= 4 is 39.2 Å². The van der Waals surface area contributed by atoms with E-state index in [0.717, 1.165) is 16.1 Å². The van der Waals surface area contributed by atoms with Gasteiger partial charge < -0.3 is 19.5 Å². The molecule has 0 saturated carbocycles. The van der Waals surface area contributed by atoms with Crippen molar-refractivity contribution in [2.24, 2.45) is 0 Å². The van der Waals surface area contributed by atoms with E-state index in [2.05, 4.69) is 10.1 Å². The lowest BCUT2D eigenvalue weighted by Crippen LogP contribution is -2.37. The minimum atomic E-state index is -3.86. The molecule has 1 N–H and O–H groups in total. The maximum Gasteiger partial charge on any atom is 0.339 e. The van der Waals surface area contributed by atoms with Crippen LogP contribution < -0.4 is 14.4 Å². The fourth-order valence-corrected chi connectivity index (χ4v) is 4.21. The molecule has 0 fully saturated rings. The Balaban J connectivity index is 1.78. The largest absolute Gasteiger partial charge is 0.489 e. The van der Waals surface area contributed by atoms with Crippen LogP contribution in [0.3, 0.4) is 0 Å². The Kier molecular flexibility index (Phi) is 8.86. The van der Waals surface area contributed by atoms with Gasteiger partial charge in [0.2, 0.25) is 15.9 Å². The van der Waals surface area contributed by atoms with Gasteiger partial charge in [0.05, 0.1) is 43.0 Å². The first-order chi connectivity index (χ1) is 17.6. The Hall–Kier alpha value is -4.38. The molecule has 10 nitrogen and oxygen atoms in total. The number of sulfonamides is 1. The standard InChI is InChI=1S/C26H26N2O8S/c1-34-25(30)19-9-14-22(26(31)35-2)23(15-19)27-24(29)16-28(37(3,32)33)20-10-12-21(13-11-20)36-17-18-7-5-4-6-8-18/h4-15H,16-17H2,1-3H3,(H,27,29). The van der Waals surface area contributed by atoms with Crippen LogP contribution in [0.5, 0.6) is 5.75 Å². The summed E-state index contributed by atoms with van der Waals surface area (Å²) in [6.07, 6.45) is 0.970. The number of hydrogen-bond donors (Lipinski definition) is 1. The number of carbonyl (C=O) groups excluding carboxylic acids is 3. The summed E-state index contributed by atoms with van der Waals surface area (Å²) < 4.78 is 41.0. The van der Waals surface area contributed by atoms with Gasteiger partial charge in [-0.1, -0.05) is 30.3 Å². The first kappa shape index (κ1) is 27.2. The highest BCUT2D eigenvalue weighted by Crippen LogP contribution is 2.24. The Morgan fingerprint density at radius 3 is 2.11 bits per heavy atom. The van der Waals surface area contributed by atoms with Crippen LogP contribution in [0.2, 0.25) is 0 Å². The summed E-state index contributed by atoms with van der Waals surface area (Å²) in [6, 6.07) is 19.7. The van der Waals surface area contributed by atoms with Crippen molar-refractivity contribution in [3.05, 3.63) is 89.5 Å². The summed E-state index contributed by atoms with van der Waals surface area (Å²) >= 11 is 0. The number of nitrogens with one attached hydrogen (secondary N) is 1. The van der Waals surface area contributed by atoms with E-state index in [9.17, 15) is 22.8 Å². The molecule has 0 heterocycles. The zero-order valence-electron chi connectivity index (χ0n) is 20.5. The number of carbonyl (C=O) groups is 3. The number of anilines is 2. The average Bonchev–Trinajstić information content (AvgIpc) is 2.90. The molecule has 0 aliphatic rings. The molecular formula is C26H26N2O8S. The molecule has 0 unspecified atom stereocenters. The summed E-state index contributed by atoms with van der Waals surface area (Å²) in [6.45, 7) is -0.252. The lowest BCUT2D eigenvalue weighted by molar-refractivity contribution is -0.114. The maximum atomic E-state index is 12.9. The molecule has 0 atom stereocenters. The summed E-state index contributed by atoms with van der Waals surface area (Å²) in [5.41, 5.74) is 1.24. The Labute approximate surface area is 214 Å². The van der Waals surface area contributed by atoms with E-state index in [4.69, 9.17) is 9.47 Å². The number of benzene rings is 3. The van der Waals surface area contributed by atoms with Gasteiger partial charge in [-0.2, -0.15) is 0 Å². The van der Waals surface area contributed by atoms with Crippen molar-refractivity contribution in [2.45, 2.75) is 6.61 Å². The van der Waals surface area contributed by atoms with Crippen molar-refractivity contribution in [1.82, 2.24) is 0 Å². The quantitative estimate of drug-likeness (QED) is 0.399. The van der Waals surface area contributed by atoms with Crippen LogP contribution in [0.1, 0.15) is 26.3 Å². The van der Waals surface area contributed by atoms with Crippen LogP contribution in [-0.2, 0) is 30.9 Å². The molecule has 194 valence electrons. The molecule has 0 aromatic heterocycles. The van der Waals surface area contributed by atoms with Crippen molar-refractivity contribution in [3.63, 3.8) is 0 Å². The number of esters is 2. The molecule has 0 saturated heterocycles. The minimum absolute atomic E-state index is 0.0191. The molecule has 3 aromatic rings. The second-order valence-electron chi connectivity index (χ2n) is 7.83. The topological polar surface area (TPSA) is 128 Å². The van der Waals surface area contributed by atoms with Crippen molar-refractivity contribution in [1.29, 1.82) is 0 Å². The van der Waals surface area contributed by atoms with E-state index in [1.54, 1.807) is 12.1 Å². The second kappa shape index (κ2) is 12.0. The molecule has 1 amide bonds. The van der Waals surface area contributed by atoms with Gasteiger partial charge in [0, 0.05) is 0 Å². The van der Waals surface area contributed by atoms with Gasteiger partial charge in [0.25, 0.3) is 0 Å². The highest BCUT2D eigenvalue weighted by molar-refractivity contribution is 7.92. The lowest BCUT2D eigenvalue weighted by atomic mass is 10.1. The van der Waals surface area contributed by atoms with Crippen LogP contribution in [-0.4, -0.2) is 53.3 Å². The van der Waals surface area contributed by atoms with E-state index in [1.807, 2.05) is 30.3 Å². The summed E-state index contributed by atoms with van der Waals surface area (Å²) in [7, 11) is -1.51. The summed E-state index contributed by atoms with van der Waals surface area (Å²) in [4.78, 5) is 36.9. The molecule has 3 rings (SSSR count). The molecule has 0 aliphatic carbocycles. The third kappa shape index (κ3) is 7.31. The van der Waals surface area contributed by atoms with Gasteiger partial charge >= 0.3 is 11.9 Å². The predicted molar refractivity (Wildman–Crippen MR) is 137 cm³/mol. The van der Waals surface area contributed by atoms with Crippen LogP contribution in [0.4, 0.5) is 11.4 Å². The normalized spacial score (nSPS) is 10.8. The SMILES string of the molecule is COC(=O)c1ccc(C(=O)OC)c(NC(=O)CN(c2ccc(OCc3ccccc3)cc2)S(C)(=O)=O)c1. The molecular weight excluding hydrogens is 500 g/mol. The second-order valence-corrected chi connectivity index (χ2v) is 9.74. The lowest BCUT2D eigenvalue weighted by Gasteiger charge is -2.22. The highest BCUT2D eigenvalue weighted by Gasteiger charge is 2.23. The summed E-state index contributed by atoms with van der Waals surface area (Å²) in [5, 5.41) is 2.49. The monoisotopic (exact) mass is 526 g/mol. The zero-order chi connectivity index (χ0) is 27.0. The third-order valence-corrected chi connectivity index (χ3v) is 6.32. The minimum Gasteiger partial charge on any atom is -0.489 e. The van der Waals surface area contributed by atoms with Crippen LogP contribution in [0.15, 0.2) is 72.8 Å². The van der Waals surface area contributed by atoms with E-state index in [1.165, 1.54) is 44.6 Å². The van der Waals surface area contributed by atoms with E-state index >= 15 is 0 Å². The van der Waals surface area contributed by atoms with Crippen molar-refractivity contribution < 1.29 is 37.0 Å². The molecule has 11 heteroatoms. The third-order valence-electron chi connectivity index (χ3n) is 5.18. The fourth-order valence-electron chi connectivity index (χ4n) is 3.35. The molecule has 3 aromatic carbocycles. The first-order valence-corrected chi connectivity index (χ1v) is 12.8. The fraction of sp³-hybridized carbons (Fsp3) is 0.192. The average molecular weight is 527 g/mol. The molecule has 0 radical (unpaired) electrons. The van der Waals surface area contributed by atoms with Gasteiger partial charge in [-0.05, 0) is 48.0 Å². The Bertz CT molecular complexity index is 1370. The maximum absolute atomic E-state index is 12.9. The Morgan fingerprint density at radius 2 is 1.51 bits per heavy atom. The first-order valence-electron chi connectivity index (χ1n) is 11.0. The molecule has 0 bridgehead atoms. The number of rotatable bonds is 10. The number of nitrogens with zero attached hydrogens (tertiary/aromatic N) is 1. The van der Waals surface area contributed by atoms with Gasteiger partial charge in [0.1, 0.15) is 18.9 Å². The summed E-state index contributed by atoms with van der Waals surface area (Å²) in [5.74, 6) is -1.66. The highest BCUT2D eigenvalue weighted by atomic mass is 32.2. The smallest absolute Gasteiger partial charge is 0.339 e. The van der Waals surface area contributed by atoms with Crippen LogP contribution in [0, 0.1) is 0 Å². The van der Waals surface area contributed by atoms with Crippen LogP contribution in [0.25, 0.3) is 0 Å². The predicted octanol–water partition coefficient (Wildman–Crippen LogP) is 3.24. The number of amides is 1. The van der Waals surface area contributed by atoms with E-state index in [-0.39, 0.29) is 22.5 Å². The number of hydrogen-bond acceptors (Lipinski definition) is 8. The Morgan fingerprint density at radius 1 is 0.865 bits per heavy atom. The molecule has 0 aliphatic heterocycles. The van der Waals surface area contributed by atoms with Gasteiger partial charge in [-0.25, -0.2) is 18.0 Å². The van der Waals surface area contributed by atoms with Crippen LogP contribution >= 0.6 is 0 Å². The van der Waals surface area contributed by atoms with E-state index < -0.39 is 34.4 Å². The number of methoxy groups -OCH3 is 2. The molecule has 37 heavy (non-hydrogen) atoms. The van der Waals surface area contributed by atoms with Crippen molar-refractivity contribution in [3.8, 4) is 5.75 Å². The van der Waals surface area contributed by atoms with Crippen molar-refractivity contribution in [2.75, 3.05) is 36.6 Å². The number of ether oxygens (including phenoxy) is 3. The molecule has 0 spiro atoms. The zero-order valence-corrected chi connectivity index (χ0v) is 21.3. The van der Waals surface area contributed by atoms with Gasteiger partial charge in [0.15, 0.2) is 0 Å². The van der Waals surface area contributed by atoms with Gasteiger partial charge in [-0.15, -0.1) is 0 Å². The van der Waals surface area contributed by atoms with Gasteiger partial charge in [-0.3, -0.25) is 9.10 Å².